The second-order valence-electron chi connectivity index (χ2n) is 7.44. The van der Waals surface area contributed by atoms with E-state index >= 15 is 0 Å². The van der Waals surface area contributed by atoms with E-state index < -0.39 is 11.3 Å². The molecule has 1 aromatic carbocycles. The highest BCUT2D eigenvalue weighted by Crippen LogP contribution is 2.47. The van der Waals surface area contributed by atoms with Crippen LogP contribution in [0.3, 0.4) is 0 Å². The maximum Gasteiger partial charge on any atom is 0.238 e. The number of H-pyrrole nitrogens is 1. The molecule has 3 N–H and O–H groups in total. The molecule has 7 heteroatoms. The van der Waals surface area contributed by atoms with E-state index in [0.29, 0.717) is 31.8 Å². The molecule has 4 rings (SSSR count). The predicted octanol–water partition coefficient (Wildman–Crippen LogP) is 2.06. The monoisotopic (exact) mass is 368 g/mol. The van der Waals surface area contributed by atoms with Crippen LogP contribution in [0.4, 0.5) is 0 Å². The number of ether oxygens (including phenoxy) is 1. The number of likely N-dealkylation sites (tertiary alicyclic amines) is 1. The molecule has 2 amide bonds. The molecule has 2 aromatic rings. The first kappa shape index (κ1) is 17.6. The van der Waals surface area contributed by atoms with Crippen LogP contribution >= 0.6 is 0 Å². The Morgan fingerprint density at radius 1 is 1.30 bits per heavy atom. The van der Waals surface area contributed by atoms with Crippen molar-refractivity contribution in [3.63, 3.8) is 0 Å². The van der Waals surface area contributed by atoms with Crippen molar-refractivity contribution in [1.82, 2.24) is 15.1 Å². The van der Waals surface area contributed by atoms with Gasteiger partial charge < -0.3 is 15.4 Å². The van der Waals surface area contributed by atoms with Gasteiger partial charge >= 0.3 is 0 Å². The standard InChI is InChI=1S/C20H24N4O3/c1-27-15-4-2-3-14(11-15)16-12-22-23-17(16)13-5-9-24(10-6-13)19(26)20(7-8-20)18(21)25/h2-4,11-13H,5-10H2,1H3,(H2,21,25)(H,22,23). The average Bonchev–Trinajstić information content (AvgIpc) is 3.38. The number of rotatable bonds is 5. The summed E-state index contributed by atoms with van der Waals surface area (Å²) < 4.78 is 5.32. The summed E-state index contributed by atoms with van der Waals surface area (Å²) in [5.74, 6) is 0.525. The van der Waals surface area contributed by atoms with Gasteiger partial charge in [0.15, 0.2) is 0 Å². The third-order valence-corrected chi connectivity index (χ3v) is 5.87. The Hall–Kier alpha value is -2.83. The molecule has 1 saturated carbocycles. The zero-order chi connectivity index (χ0) is 19.0. The van der Waals surface area contributed by atoms with Crippen LogP contribution in [0, 0.1) is 5.41 Å². The fraction of sp³-hybridized carbons (Fsp3) is 0.450. The van der Waals surface area contributed by atoms with Gasteiger partial charge in [0.1, 0.15) is 11.2 Å². The summed E-state index contributed by atoms with van der Waals surface area (Å²) in [6.45, 7) is 1.27. The Labute approximate surface area is 157 Å². The largest absolute Gasteiger partial charge is 0.497 e. The second-order valence-corrected chi connectivity index (χ2v) is 7.44. The van der Waals surface area contributed by atoms with Crippen molar-refractivity contribution in [1.29, 1.82) is 0 Å². The van der Waals surface area contributed by atoms with Crippen molar-refractivity contribution in [3.05, 3.63) is 36.2 Å². The zero-order valence-corrected chi connectivity index (χ0v) is 15.4. The molecular formula is C20H24N4O3. The summed E-state index contributed by atoms with van der Waals surface area (Å²) in [4.78, 5) is 26.1. The maximum absolute atomic E-state index is 12.7. The van der Waals surface area contributed by atoms with E-state index in [9.17, 15) is 9.59 Å². The number of piperidine rings is 1. The van der Waals surface area contributed by atoms with Crippen LogP contribution in [0.1, 0.15) is 37.3 Å². The van der Waals surface area contributed by atoms with Crippen molar-refractivity contribution in [3.8, 4) is 16.9 Å². The van der Waals surface area contributed by atoms with E-state index in [1.54, 1.807) is 12.0 Å². The quantitative estimate of drug-likeness (QED) is 0.789. The maximum atomic E-state index is 12.7. The lowest BCUT2D eigenvalue weighted by Gasteiger charge is -2.33. The van der Waals surface area contributed by atoms with E-state index in [1.807, 2.05) is 30.5 Å². The molecule has 0 unspecified atom stereocenters. The minimum absolute atomic E-state index is 0.0916. The first-order chi connectivity index (χ1) is 13.0. The fourth-order valence-corrected chi connectivity index (χ4v) is 3.99. The Morgan fingerprint density at radius 3 is 2.67 bits per heavy atom. The lowest BCUT2D eigenvalue weighted by Crippen LogP contribution is -2.46. The van der Waals surface area contributed by atoms with Gasteiger partial charge in [-0.2, -0.15) is 5.10 Å². The normalized spacial score (nSPS) is 18.9. The molecule has 2 aliphatic rings. The topological polar surface area (TPSA) is 101 Å². The highest BCUT2D eigenvalue weighted by molar-refractivity contribution is 6.07. The predicted molar refractivity (Wildman–Crippen MR) is 100.0 cm³/mol. The van der Waals surface area contributed by atoms with Gasteiger partial charge in [0.25, 0.3) is 0 Å². The lowest BCUT2D eigenvalue weighted by molar-refractivity contribution is -0.143. The molecule has 1 aliphatic heterocycles. The summed E-state index contributed by atoms with van der Waals surface area (Å²) in [5.41, 5.74) is 7.73. The Balaban J connectivity index is 1.47. The molecule has 0 spiro atoms. The van der Waals surface area contributed by atoms with Crippen LogP contribution in [0.25, 0.3) is 11.1 Å². The fourth-order valence-electron chi connectivity index (χ4n) is 3.99. The molecule has 2 heterocycles. The van der Waals surface area contributed by atoms with Gasteiger partial charge in [-0.15, -0.1) is 0 Å². The SMILES string of the molecule is COc1cccc(-c2cn[nH]c2C2CCN(C(=O)C3(C(N)=O)CC3)CC2)c1. The number of nitrogens with two attached hydrogens (primary N) is 1. The van der Waals surface area contributed by atoms with Gasteiger partial charge in [-0.05, 0) is 43.4 Å². The van der Waals surface area contributed by atoms with Crippen LogP contribution in [0.2, 0.25) is 0 Å². The zero-order valence-electron chi connectivity index (χ0n) is 15.4. The molecule has 1 aromatic heterocycles. The first-order valence-corrected chi connectivity index (χ1v) is 9.32. The third-order valence-electron chi connectivity index (χ3n) is 5.87. The minimum Gasteiger partial charge on any atom is -0.497 e. The van der Waals surface area contributed by atoms with Gasteiger partial charge in [-0.3, -0.25) is 14.7 Å². The number of nitrogens with one attached hydrogen (secondary N) is 1. The van der Waals surface area contributed by atoms with Crippen molar-refractivity contribution < 1.29 is 14.3 Å². The molecule has 2 fully saturated rings. The number of carbonyl (C=O) groups is 2. The first-order valence-electron chi connectivity index (χ1n) is 9.32. The summed E-state index contributed by atoms with van der Waals surface area (Å²) in [6, 6.07) is 7.92. The number of hydrogen-bond acceptors (Lipinski definition) is 4. The van der Waals surface area contributed by atoms with Crippen molar-refractivity contribution in [2.45, 2.75) is 31.6 Å². The molecule has 0 bridgehead atoms. The number of benzene rings is 1. The summed E-state index contributed by atoms with van der Waals surface area (Å²) in [6.07, 6.45) is 4.68. The third kappa shape index (κ3) is 3.07. The van der Waals surface area contributed by atoms with Gasteiger partial charge in [-0.1, -0.05) is 12.1 Å². The number of amides is 2. The number of carbonyl (C=O) groups excluding carboxylic acids is 2. The van der Waals surface area contributed by atoms with Gasteiger partial charge in [0, 0.05) is 30.3 Å². The summed E-state index contributed by atoms with van der Waals surface area (Å²) >= 11 is 0. The average molecular weight is 368 g/mol. The van der Waals surface area contributed by atoms with Gasteiger partial charge in [0.05, 0.1) is 13.3 Å². The Morgan fingerprint density at radius 2 is 2.04 bits per heavy atom. The smallest absolute Gasteiger partial charge is 0.238 e. The number of primary amides is 1. The number of hydrogen-bond donors (Lipinski definition) is 2. The lowest BCUT2D eigenvalue weighted by atomic mass is 9.88. The van der Waals surface area contributed by atoms with Crippen LogP contribution in [0.5, 0.6) is 5.75 Å². The summed E-state index contributed by atoms with van der Waals surface area (Å²) in [5, 5.41) is 7.40. The molecule has 0 radical (unpaired) electrons. The Bertz CT molecular complexity index is 864. The van der Waals surface area contributed by atoms with Gasteiger partial charge in [0.2, 0.25) is 11.8 Å². The number of nitrogens with zero attached hydrogens (tertiary/aromatic N) is 2. The number of aromatic amines is 1. The molecule has 1 aliphatic carbocycles. The van der Waals surface area contributed by atoms with Crippen molar-refractivity contribution >= 4 is 11.8 Å². The second kappa shape index (κ2) is 6.72. The highest BCUT2D eigenvalue weighted by atomic mass is 16.5. The molecule has 7 nitrogen and oxygen atoms in total. The van der Waals surface area contributed by atoms with E-state index in [2.05, 4.69) is 10.2 Å². The van der Waals surface area contributed by atoms with Crippen LogP contribution in [0.15, 0.2) is 30.5 Å². The molecule has 142 valence electrons. The molecular weight excluding hydrogens is 344 g/mol. The number of aromatic nitrogens is 2. The highest BCUT2D eigenvalue weighted by Gasteiger charge is 2.57. The molecule has 0 atom stereocenters. The van der Waals surface area contributed by atoms with Crippen molar-refractivity contribution in [2.75, 3.05) is 20.2 Å². The van der Waals surface area contributed by atoms with Crippen LogP contribution < -0.4 is 10.5 Å². The van der Waals surface area contributed by atoms with E-state index in [-0.39, 0.29) is 5.91 Å². The minimum atomic E-state index is -0.924. The Kier molecular flexibility index (Phi) is 4.37. The molecule has 1 saturated heterocycles. The van der Waals surface area contributed by atoms with Crippen molar-refractivity contribution in [2.24, 2.45) is 11.1 Å². The van der Waals surface area contributed by atoms with Crippen LogP contribution in [-0.4, -0.2) is 47.1 Å². The summed E-state index contributed by atoms with van der Waals surface area (Å²) in [7, 11) is 1.65. The van der Waals surface area contributed by atoms with E-state index in [1.165, 1.54) is 0 Å². The van der Waals surface area contributed by atoms with Gasteiger partial charge in [-0.25, -0.2) is 0 Å². The van der Waals surface area contributed by atoms with E-state index in [4.69, 9.17) is 10.5 Å². The number of methoxy groups -OCH3 is 1. The van der Waals surface area contributed by atoms with E-state index in [0.717, 1.165) is 35.4 Å². The molecule has 27 heavy (non-hydrogen) atoms. The van der Waals surface area contributed by atoms with Crippen LogP contribution in [-0.2, 0) is 9.59 Å².